The molecule has 2 aromatic rings. The minimum Gasteiger partial charge on any atom is -0.493 e. The van der Waals surface area contributed by atoms with Gasteiger partial charge in [0.1, 0.15) is 0 Å². The van der Waals surface area contributed by atoms with E-state index in [4.69, 9.17) is 9.47 Å². The van der Waals surface area contributed by atoms with E-state index < -0.39 is 0 Å². The molecule has 0 saturated heterocycles. The Balaban J connectivity index is 1.88. The first-order chi connectivity index (χ1) is 12.8. The van der Waals surface area contributed by atoms with Gasteiger partial charge < -0.3 is 20.1 Å². The van der Waals surface area contributed by atoms with Gasteiger partial charge in [-0.2, -0.15) is 5.10 Å². The number of methoxy groups -OCH3 is 1. The fraction of sp³-hybridized carbons (Fsp3) is 0.474. The minimum absolute atomic E-state index is 0.567. The summed E-state index contributed by atoms with van der Waals surface area (Å²) in [4.78, 5) is 4.64. The Labute approximate surface area is 155 Å². The number of ether oxygens (including phenoxy) is 2. The molecular formula is C19H29N5O2. The summed E-state index contributed by atoms with van der Waals surface area (Å²) in [6.07, 6.45) is 4.74. The van der Waals surface area contributed by atoms with Crippen LogP contribution in [-0.4, -0.2) is 42.5 Å². The highest BCUT2D eigenvalue weighted by Crippen LogP contribution is 2.28. The van der Waals surface area contributed by atoms with E-state index in [1.165, 1.54) is 0 Å². The van der Waals surface area contributed by atoms with Gasteiger partial charge >= 0.3 is 0 Å². The van der Waals surface area contributed by atoms with E-state index in [1.807, 2.05) is 42.1 Å². The van der Waals surface area contributed by atoms with Crippen LogP contribution < -0.4 is 20.1 Å². The number of benzene rings is 1. The number of guanidine groups is 1. The lowest BCUT2D eigenvalue weighted by atomic mass is 10.2. The van der Waals surface area contributed by atoms with Crippen molar-refractivity contribution in [2.75, 3.05) is 26.8 Å². The Hall–Kier alpha value is -2.70. The van der Waals surface area contributed by atoms with Crippen LogP contribution >= 0.6 is 0 Å². The van der Waals surface area contributed by atoms with E-state index in [0.717, 1.165) is 49.1 Å². The summed E-state index contributed by atoms with van der Waals surface area (Å²) in [6.45, 7) is 7.72. The van der Waals surface area contributed by atoms with Crippen molar-refractivity contribution in [1.29, 1.82) is 0 Å². The van der Waals surface area contributed by atoms with Crippen LogP contribution in [0.2, 0.25) is 0 Å². The van der Waals surface area contributed by atoms with Crippen molar-refractivity contribution in [3.8, 4) is 11.5 Å². The molecule has 142 valence electrons. The van der Waals surface area contributed by atoms with E-state index >= 15 is 0 Å². The predicted octanol–water partition coefficient (Wildman–Crippen LogP) is 2.44. The standard InChI is InChI=1S/C19H29N5O2/c1-4-20-19(21-10-6-12-24-13-7-11-23-24)22-15-16-8-9-17(26-5-2)18(14-16)25-3/h7-9,11,13-14H,4-6,10,12,15H2,1-3H3,(H2,20,21,22). The van der Waals surface area contributed by atoms with Gasteiger partial charge in [0.25, 0.3) is 0 Å². The summed E-state index contributed by atoms with van der Waals surface area (Å²) in [7, 11) is 1.65. The molecule has 0 spiro atoms. The van der Waals surface area contributed by atoms with E-state index in [1.54, 1.807) is 13.3 Å². The molecule has 0 atom stereocenters. The molecule has 7 nitrogen and oxygen atoms in total. The Morgan fingerprint density at radius 1 is 1.23 bits per heavy atom. The van der Waals surface area contributed by atoms with Crippen molar-refractivity contribution in [2.45, 2.75) is 33.4 Å². The molecular weight excluding hydrogens is 330 g/mol. The second kappa shape index (κ2) is 11.0. The molecule has 1 aromatic heterocycles. The van der Waals surface area contributed by atoms with Gasteiger partial charge in [-0.25, -0.2) is 4.99 Å². The maximum absolute atomic E-state index is 5.55. The fourth-order valence-corrected chi connectivity index (χ4v) is 2.48. The lowest BCUT2D eigenvalue weighted by Gasteiger charge is -2.12. The van der Waals surface area contributed by atoms with Crippen molar-refractivity contribution in [3.05, 3.63) is 42.2 Å². The van der Waals surface area contributed by atoms with Gasteiger partial charge in [-0.3, -0.25) is 4.68 Å². The zero-order chi connectivity index (χ0) is 18.6. The van der Waals surface area contributed by atoms with E-state index in [0.29, 0.717) is 13.2 Å². The first kappa shape index (κ1) is 19.6. The first-order valence-corrected chi connectivity index (χ1v) is 9.06. The number of nitrogens with one attached hydrogen (secondary N) is 2. The monoisotopic (exact) mass is 359 g/mol. The van der Waals surface area contributed by atoms with Gasteiger partial charge in [0.05, 0.1) is 20.3 Å². The van der Waals surface area contributed by atoms with Gasteiger partial charge in [-0.15, -0.1) is 0 Å². The van der Waals surface area contributed by atoms with Gasteiger partial charge in [0.15, 0.2) is 17.5 Å². The number of hydrogen-bond donors (Lipinski definition) is 2. The van der Waals surface area contributed by atoms with Crippen LogP contribution in [0.3, 0.4) is 0 Å². The van der Waals surface area contributed by atoms with Crippen LogP contribution in [0, 0.1) is 0 Å². The molecule has 0 radical (unpaired) electrons. The summed E-state index contributed by atoms with van der Waals surface area (Å²) < 4.78 is 12.9. The second-order valence-corrected chi connectivity index (χ2v) is 5.66. The van der Waals surface area contributed by atoms with Crippen molar-refractivity contribution >= 4 is 5.96 Å². The van der Waals surface area contributed by atoms with Crippen LogP contribution in [0.15, 0.2) is 41.7 Å². The van der Waals surface area contributed by atoms with E-state index in [-0.39, 0.29) is 0 Å². The highest BCUT2D eigenvalue weighted by atomic mass is 16.5. The predicted molar refractivity (Wildman–Crippen MR) is 104 cm³/mol. The molecule has 0 unspecified atom stereocenters. The normalized spacial score (nSPS) is 11.3. The van der Waals surface area contributed by atoms with Crippen LogP contribution in [0.5, 0.6) is 11.5 Å². The molecule has 2 rings (SSSR count). The summed E-state index contributed by atoms with van der Waals surface area (Å²) >= 11 is 0. The van der Waals surface area contributed by atoms with Gasteiger partial charge in [-0.05, 0) is 44.0 Å². The number of aliphatic imine (C=N–C) groups is 1. The van der Waals surface area contributed by atoms with Gasteiger partial charge in [0, 0.05) is 32.0 Å². The third-order valence-corrected chi connectivity index (χ3v) is 3.71. The molecule has 0 aliphatic carbocycles. The summed E-state index contributed by atoms with van der Waals surface area (Å²) in [5, 5.41) is 10.8. The lowest BCUT2D eigenvalue weighted by Crippen LogP contribution is -2.38. The summed E-state index contributed by atoms with van der Waals surface area (Å²) in [5.41, 5.74) is 1.07. The van der Waals surface area contributed by atoms with Crippen LogP contribution in [-0.2, 0) is 13.1 Å². The smallest absolute Gasteiger partial charge is 0.191 e. The molecule has 0 saturated carbocycles. The molecule has 0 aliphatic heterocycles. The second-order valence-electron chi connectivity index (χ2n) is 5.66. The average molecular weight is 359 g/mol. The van der Waals surface area contributed by atoms with E-state index in [9.17, 15) is 0 Å². The number of aromatic nitrogens is 2. The van der Waals surface area contributed by atoms with Gasteiger partial charge in [0.2, 0.25) is 0 Å². The Bertz CT molecular complexity index is 671. The summed E-state index contributed by atoms with van der Waals surface area (Å²) in [6, 6.07) is 7.84. The fourth-order valence-electron chi connectivity index (χ4n) is 2.48. The number of nitrogens with zero attached hydrogens (tertiary/aromatic N) is 3. The molecule has 26 heavy (non-hydrogen) atoms. The Morgan fingerprint density at radius 3 is 2.81 bits per heavy atom. The maximum atomic E-state index is 5.55. The summed E-state index contributed by atoms with van der Waals surface area (Å²) in [5.74, 6) is 2.30. The van der Waals surface area contributed by atoms with Crippen molar-refractivity contribution < 1.29 is 9.47 Å². The SMILES string of the molecule is CCNC(=NCc1ccc(OCC)c(OC)c1)NCCCn1cccn1. The largest absolute Gasteiger partial charge is 0.493 e. The third-order valence-electron chi connectivity index (χ3n) is 3.71. The van der Waals surface area contributed by atoms with Gasteiger partial charge in [-0.1, -0.05) is 6.07 Å². The molecule has 1 aromatic carbocycles. The Kier molecular flexibility index (Phi) is 8.32. The van der Waals surface area contributed by atoms with Crippen LogP contribution in [0.1, 0.15) is 25.8 Å². The van der Waals surface area contributed by atoms with Crippen molar-refractivity contribution in [1.82, 2.24) is 20.4 Å². The number of rotatable bonds is 10. The molecule has 7 heteroatoms. The average Bonchev–Trinajstić information content (AvgIpc) is 3.17. The molecule has 0 aliphatic rings. The van der Waals surface area contributed by atoms with Crippen molar-refractivity contribution in [2.24, 2.45) is 4.99 Å². The molecule has 0 bridgehead atoms. The Morgan fingerprint density at radius 2 is 2.12 bits per heavy atom. The first-order valence-electron chi connectivity index (χ1n) is 9.06. The number of hydrogen-bond acceptors (Lipinski definition) is 4. The third kappa shape index (κ3) is 6.31. The maximum Gasteiger partial charge on any atom is 0.191 e. The molecule has 1 heterocycles. The zero-order valence-corrected chi connectivity index (χ0v) is 15.9. The number of aryl methyl sites for hydroxylation is 1. The highest BCUT2D eigenvalue weighted by Gasteiger charge is 2.05. The molecule has 2 N–H and O–H groups in total. The molecule has 0 amide bonds. The topological polar surface area (TPSA) is 72.7 Å². The van der Waals surface area contributed by atoms with Crippen molar-refractivity contribution in [3.63, 3.8) is 0 Å². The zero-order valence-electron chi connectivity index (χ0n) is 15.9. The highest BCUT2D eigenvalue weighted by molar-refractivity contribution is 5.79. The van der Waals surface area contributed by atoms with Crippen LogP contribution in [0.25, 0.3) is 0 Å². The minimum atomic E-state index is 0.567. The molecule has 0 fully saturated rings. The quantitative estimate of drug-likeness (QED) is 0.387. The van der Waals surface area contributed by atoms with E-state index in [2.05, 4.69) is 27.6 Å². The lowest BCUT2D eigenvalue weighted by molar-refractivity contribution is 0.310. The van der Waals surface area contributed by atoms with Crippen LogP contribution in [0.4, 0.5) is 0 Å².